The van der Waals surface area contributed by atoms with Gasteiger partial charge in [0, 0.05) is 12.2 Å². The van der Waals surface area contributed by atoms with Crippen LogP contribution in [0.3, 0.4) is 0 Å². The van der Waals surface area contributed by atoms with Crippen LogP contribution in [0.4, 0.5) is 4.79 Å². The van der Waals surface area contributed by atoms with Crippen LogP contribution in [0.25, 0.3) is 6.20 Å². The average molecular weight is 534 g/mol. The number of hydrogen-bond donors (Lipinski definition) is 3. The van der Waals surface area contributed by atoms with Crippen molar-refractivity contribution in [3.05, 3.63) is 17.8 Å². The topological polar surface area (TPSA) is 147 Å². The largest absolute Gasteiger partial charge is 0.477 e. The molecule has 4 N–H and O–H groups in total. The first-order valence-electron chi connectivity index (χ1n) is 13.4. The van der Waals surface area contributed by atoms with Crippen molar-refractivity contribution in [3.8, 4) is 5.88 Å². The Labute approximate surface area is 224 Å². The van der Waals surface area contributed by atoms with Crippen LogP contribution in [0, 0.1) is 29.1 Å². The molecular weight excluding hydrogens is 490 g/mol. The van der Waals surface area contributed by atoms with Gasteiger partial charge >= 0.3 is 6.09 Å². The number of fused-ring (bicyclic) bond motifs is 2. The molecule has 11 nitrogen and oxygen atoms in total. The summed E-state index contributed by atoms with van der Waals surface area (Å²) in [6.07, 6.45) is 8.21. The monoisotopic (exact) mass is 533 g/mol. The van der Waals surface area contributed by atoms with Gasteiger partial charge in [0.05, 0.1) is 25.3 Å². The highest BCUT2D eigenvalue weighted by molar-refractivity contribution is 5.96. The Kier molecular flexibility index (Phi) is 9.81. The zero-order valence-electron chi connectivity index (χ0n) is 23.4. The molecule has 2 aliphatic rings. The maximum atomic E-state index is 13.6. The standard InChI is InChI=1S/C27H43N5O6/c1-7-18-10-17-11-19(13-20(12-17)38-26(28)35)22(18)30-23(33)21-14-29-32(24(21)37-15-16(2)3)9-8-27(4,5)25(34)31-36-6/h8-9,14,16-20,22H,7,10-13,15H2,1-6H3,(H2,28,35)(H,30,33)(H,31,34)/b9-8+/t17?,18?,19?,20-,22+/m0/s1. The minimum absolute atomic E-state index is 0.0588. The van der Waals surface area contributed by atoms with Crippen molar-refractivity contribution in [3.63, 3.8) is 0 Å². The quantitative estimate of drug-likeness (QED) is 0.369. The molecule has 2 saturated carbocycles. The minimum Gasteiger partial charge on any atom is -0.477 e. The lowest BCUT2D eigenvalue weighted by atomic mass is 9.63. The van der Waals surface area contributed by atoms with E-state index in [2.05, 4.69) is 22.8 Å². The van der Waals surface area contributed by atoms with Crippen molar-refractivity contribution in [2.75, 3.05) is 13.7 Å². The second-order valence-electron chi connectivity index (χ2n) is 11.5. The van der Waals surface area contributed by atoms with Gasteiger partial charge in [-0.05, 0) is 63.2 Å². The SMILES string of the molecule is CCC1CC2CC(C[C@@H](OC(N)=O)C2)[C@@H]1NC(=O)c1cnn(/C=C/C(C)(C)C(=O)NOC)c1OCC(C)C. The molecule has 1 aromatic rings. The number of primary amides is 1. The number of amides is 3. The molecule has 5 atom stereocenters. The van der Waals surface area contributed by atoms with Gasteiger partial charge in [-0.25, -0.2) is 15.0 Å². The number of carbonyl (C=O) groups is 3. The number of aromatic nitrogens is 2. The van der Waals surface area contributed by atoms with E-state index in [1.807, 2.05) is 13.8 Å². The predicted octanol–water partition coefficient (Wildman–Crippen LogP) is 3.50. The van der Waals surface area contributed by atoms with Gasteiger partial charge in [0.25, 0.3) is 11.8 Å². The number of hydroxylamine groups is 1. The lowest BCUT2D eigenvalue weighted by Crippen LogP contribution is -2.52. The fourth-order valence-corrected chi connectivity index (χ4v) is 5.58. The molecule has 0 aliphatic heterocycles. The number of nitrogens with zero attached hydrogens (tertiary/aromatic N) is 2. The maximum Gasteiger partial charge on any atom is 0.404 e. The molecule has 11 heteroatoms. The second-order valence-corrected chi connectivity index (χ2v) is 11.5. The lowest BCUT2D eigenvalue weighted by molar-refractivity contribution is -0.137. The number of rotatable bonds is 11. The Bertz CT molecular complexity index is 1020. The van der Waals surface area contributed by atoms with Crippen LogP contribution >= 0.6 is 0 Å². The smallest absolute Gasteiger partial charge is 0.404 e. The second kappa shape index (κ2) is 12.6. The van der Waals surface area contributed by atoms with Crippen molar-refractivity contribution in [2.24, 2.45) is 34.8 Å². The van der Waals surface area contributed by atoms with Crippen LogP contribution in [0.5, 0.6) is 5.88 Å². The van der Waals surface area contributed by atoms with Crippen LogP contribution in [0.15, 0.2) is 12.3 Å². The average Bonchev–Trinajstić information content (AvgIpc) is 3.25. The Morgan fingerprint density at radius 2 is 1.97 bits per heavy atom. The van der Waals surface area contributed by atoms with E-state index in [-0.39, 0.29) is 35.8 Å². The van der Waals surface area contributed by atoms with Crippen molar-refractivity contribution < 1.29 is 28.7 Å². The highest BCUT2D eigenvalue weighted by Gasteiger charge is 2.44. The Morgan fingerprint density at radius 1 is 1.24 bits per heavy atom. The number of ether oxygens (including phenoxy) is 2. The molecule has 38 heavy (non-hydrogen) atoms. The summed E-state index contributed by atoms with van der Waals surface area (Å²) in [5.41, 5.74) is 7.05. The molecule has 0 radical (unpaired) electrons. The molecule has 3 unspecified atom stereocenters. The highest BCUT2D eigenvalue weighted by Crippen LogP contribution is 2.45. The van der Waals surface area contributed by atoms with Gasteiger partial charge in [0.1, 0.15) is 11.7 Å². The van der Waals surface area contributed by atoms with E-state index in [9.17, 15) is 14.4 Å². The molecule has 0 aromatic carbocycles. The fourth-order valence-electron chi connectivity index (χ4n) is 5.58. The van der Waals surface area contributed by atoms with E-state index in [1.165, 1.54) is 18.0 Å². The van der Waals surface area contributed by atoms with Crippen LogP contribution < -0.4 is 21.3 Å². The zero-order chi connectivity index (χ0) is 28.0. The molecule has 3 amide bonds. The maximum absolute atomic E-state index is 13.6. The molecule has 0 spiro atoms. The molecule has 0 saturated heterocycles. The normalized spacial score (nSPS) is 25.3. The van der Waals surface area contributed by atoms with Gasteiger partial charge in [-0.15, -0.1) is 0 Å². The summed E-state index contributed by atoms with van der Waals surface area (Å²) in [5.74, 6) is 0.927. The first-order chi connectivity index (χ1) is 17.9. The molecule has 1 aromatic heterocycles. The molecular formula is C27H43N5O6. The first-order valence-corrected chi connectivity index (χ1v) is 13.4. The van der Waals surface area contributed by atoms with Gasteiger partial charge in [-0.2, -0.15) is 5.10 Å². The van der Waals surface area contributed by atoms with Gasteiger partial charge in [0.15, 0.2) is 0 Å². The van der Waals surface area contributed by atoms with Crippen molar-refractivity contribution in [1.82, 2.24) is 20.6 Å². The predicted molar refractivity (Wildman–Crippen MR) is 142 cm³/mol. The van der Waals surface area contributed by atoms with E-state index in [0.29, 0.717) is 36.3 Å². The summed E-state index contributed by atoms with van der Waals surface area (Å²) in [6.45, 7) is 10.1. The Hall–Kier alpha value is -3.08. The Balaban J connectivity index is 1.83. The minimum atomic E-state index is -0.892. The van der Waals surface area contributed by atoms with E-state index >= 15 is 0 Å². The highest BCUT2D eigenvalue weighted by atomic mass is 16.6. The van der Waals surface area contributed by atoms with Crippen LogP contribution in [0.1, 0.15) is 77.1 Å². The summed E-state index contributed by atoms with van der Waals surface area (Å²) in [6, 6.07) is -0.0588. The first kappa shape index (κ1) is 29.5. The lowest BCUT2D eigenvalue weighted by Gasteiger charge is -2.47. The number of carbonyl (C=O) groups excluding carboxylic acids is 3. The fraction of sp³-hybridized carbons (Fsp3) is 0.704. The van der Waals surface area contributed by atoms with Gasteiger partial charge < -0.3 is 20.5 Å². The third-order valence-electron chi connectivity index (χ3n) is 7.51. The molecule has 1 heterocycles. The summed E-state index contributed by atoms with van der Waals surface area (Å²) >= 11 is 0. The number of nitrogens with two attached hydrogens (primary N) is 1. The van der Waals surface area contributed by atoms with E-state index in [4.69, 9.17) is 20.0 Å². The van der Waals surface area contributed by atoms with Crippen molar-refractivity contribution in [2.45, 2.75) is 78.9 Å². The summed E-state index contributed by atoms with van der Waals surface area (Å²) in [7, 11) is 1.38. The summed E-state index contributed by atoms with van der Waals surface area (Å²) in [4.78, 5) is 42.0. The van der Waals surface area contributed by atoms with Crippen LogP contribution in [0.2, 0.25) is 0 Å². The van der Waals surface area contributed by atoms with Gasteiger partial charge in [0.2, 0.25) is 5.88 Å². The third kappa shape index (κ3) is 7.27. The Morgan fingerprint density at radius 3 is 2.61 bits per heavy atom. The van der Waals surface area contributed by atoms with Gasteiger partial charge in [-0.3, -0.25) is 14.4 Å². The molecule has 3 rings (SSSR count). The van der Waals surface area contributed by atoms with Crippen LogP contribution in [-0.4, -0.2) is 53.6 Å². The molecule has 212 valence electrons. The molecule has 2 fully saturated rings. The summed E-state index contributed by atoms with van der Waals surface area (Å²) < 4.78 is 12.9. The van der Waals surface area contributed by atoms with E-state index in [1.54, 1.807) is 26.1 Å². The number of nitrogens with one attached hydrogen (secondary N) is 2. The zero-order valence-corrected chi connectivity index (χ0v) is 23.4. The molecule has 2 aliphatic carbocycles. The van der Waals surface area contributed by atoms with E-state index < -0.39 is 11.5 Å². The van der Waals surface area contributed by atoms with Crippen molar-refractivity contribution in [1.29, 1.82) is 0 Å². The van der Waals surface area contributed by atoms with Crippen molar-refractivity contribution >= 4 is 24.1 Å². The van der Waals surface area contributed by atoms with Crippen LogP contribution in [-0.2, 0) is 14.4 Å². The third-order valence-corrected chi connectivity index (χ3v) is 7.51. The van der Waals surface area contributed by atoms with Gasteiger partial charge in [-0.1, -0.05) is 33.3 Å². The van der Waals surface area contributed by atoms with E-state index in [0.717, 1.165) is 25.7 Å². The molecule has 2 bridgehead atoms. The number of hydrogen-bond acceptors (Lipinski definition) is 7. The summed E-state index contributed by atoms with van der Waals surface area (Å²) in [5, 5.41) is 7.64.